The zero-order valence-electron chi connectivity index (χ0n) is 9.37. The second-order valence-corrected chi connectivity index (χ2v) is 7.24. The van der Waals surface area contributed by atoms with Gasteiger partial charge in [0.1, 0.15) is 10.6 Å². The minimum atomic E-state index is -4.28. The maximum atomic E-state index is 11.8. The zero-order chi connectivity index (χ0) is 14.8. The minimum Gasteiger partial charge on any atom is -0.506 e. The number of nitrogens with two attached hydrogens (primary N) is 1. The Labute approximate surface area is 115 Å². The highest BCUT2D eigenvalue weighted by atomic mass is 35.5. The van der Waals surface area contributed by atoms with Crippen LogP contribution in [0.3, 0.4) is 0 Å². The van der Waals surface area contributed by atoms with Crippen LogP contribution in [0, 0.1) is 0 Å². The van der Waals surface area contributed by atoms with Gasteiger partial charge in [-0.3, -0.25) is 4.55 Å². The predicted octanol–water partition coefficient (Wildman–Crippen LogP) is -0.206. The molecule has 0 radical (unpaired) electrons. The lowest BCUT2D eigenvalue weighted by atomic mass is 10.3. The molecule has 19 heavy (non-hydrogen) atoms. The summed E-state index contributed by atoms with van der Waals surface area (Å²) >= 11 is 5.68. The molecule has 0 saturated heterocycles. The van der Waals surface area contributed by atoms with Gasteiger partial charge in [0.05, 0.1) is 16.5 Å². The smallest absolute Gasteiger partial charge is 0.266 e. The minimum absolute atomic E-state index is 0.0955. The lowest BCUT2D eigenvalue weighted by molar-refractivity contribution is 0.475. The largest absolute Gasteiger partial charge is 0.506 e. The Morgan fingerprint density at radius 3 is 2.37 bits per heavy atom. The summed E-state index contributed by atoms with van der Waals surface area (Å²) < 4.78 is 54.9. The molecular formula is C8H11ClN2O6S2. The first-order valence-electron chi connectivity index (χ1n) is 4.76. The van der Waals surface area contributed by atoms with Gasteiger partial charge in [-0.1, -0.05) is 11.6 Å². The monoisotopic (exact) mass is 330 g/mol. The molecule has 0 aliphatic heterocycles. The molecule has 0 unspecified atom stereocenters. The first kappa shape index (κ1) is 16.0. The first-order chi connectivity index (χ1) is 8.53. The Balaban J connectivity index is 2.98. The highest BCUT2D eigenvalue weighted by Gasteiger charge is 2.20. The second kappa shape index (κ2) is 5.51. The fourth-order valence-electron chi connectivity index (χ4n) is 1.15. The molecule has 0 aromatic heterocycles. The van der Waals surface area contributed by atoms with E-state index in [9.17, 15) is 21.9 Å². The summed E-state index contributed by atoms with van der Waals surface area (Å²) in [7, 11) is -8.41. The van der Waals surface area contributed by atoms with Crippen LogP contribution in [0.5, 0.6) is 5.75 Å². The zero-order valence-corrected chi connectivity index (χ0v) is 11.8. The fourth-order valence-corrected chi connectivity index (χ4v) is 3.22. The summed E-state index contributed by atoms with van der Waals surface area (Å²) in [6.45, 7) is -0.539. The molecule has 0 amide bonds. The average molecular weight is 331 g/mol. The highest BCUT2D eigenvalue weighted by Crippen LogP contribution is 2.30. The molecule has 108 valence electrons. The summed E-state index contributed by atoms with van der Waals surface area (Å²) in [6, 6.07) is 1.89. The van der Waals surface area contributed by atoms with Gasteiger partial charge < -0.3 is 10.8 Å². The van der Waals surface area contributed by atoms with Gasteiger partial charge in [-0.25, -0.2) is 13.1 Å². The summed E-state index contributed by atoms with van der Waals surface area (Å²) in [4.78, 5) is -0.448. The van der Waals surface area contributed by atoms with E-state index in [-0.39, 0.29) is 10.7 Å². The van der Waals surface area contributed by atoms with E-state index in [1.165, 1.54) is 0 Å². The Morgan fingerprint density at radius 1 is 1.26 bits per heavy atom. The molecule has 5 N–H and O–H groups in total. The summed E-state index contributed by atoms with van der Waals surface area (Å²) in [5, 5.41) is 9.10. The van der Waals surface area contributed by atoms with Crippen molar-refractivity contribution < 1.29 is 26.5 Å². The molecule has 1 aromatic rings. The fraction of sp³-hybridized carbons (Fsp3) is 0.250. The molecular weight excluding hydrogens is 320 g/mol. The van der Waals surface area contributed by atoms with Gasteiger partial charge in [-0.05, 0) is 6.07 Å². The molecule has 0 bridgehead atoms. The first-order valence-corrected chi connectivity index (χ1v) is 8.23. The van der Waals surface area contributed by atoms with Crippen LogP contribution in [-0.4, -0.2) is 38.8 Å². The van der Waals surface area contributed by atoms with E-state index < -0.39 is 43.1 Å². The van der Waals surface area contributed by atoms with Crippen LogP contribution in [-0.2, 0) is 20.1 Å². The molecule has 0 heterocycles. The second-order valence-electron chi connectivity index (χ2n) is 3.53. The number of nitrogens with one attached hydrogen (secondary N) is 1. The molecule has 1 aromatic carbocycles. The van der Waals surface area contributed by atoms with E-state index in [1.54, 1.807) is 0 Å². The molecule has 0 saturated carbocycles. The lowest BCUT2D eigenvalue weighted by Crippen LogP contribution is -2.29. The molecule has 0 aliphatic rings. The van der Waals surface area contributed by atoms with E-state index in [0.29, 0.717) is 0 Å². The molecule has 11 heteroatoms. The molecule has 8 nitrogen and oxygen atoms in total. The van der Waals surface area contributed by atoms with Crippen molar-refractivity contribution in [3.63, 3.8) is 0 Å². The van der Waals surface area contributed by atoms with Gasteiger partial charge >= 0.3 is 0 Å². The molecule has 0 aliphatic carbocycles. The number of nitrogen functional groups attached to an aromatic ring is 1. The summed E-state index contributed by atoms with van der Waals surface area (Å²) in [6.07, 6.45) is 0. The number of hydrogen-bond acceptors (Lipinski definition) is 6. The predicted molar refractivity (Wildman–Crippen MR) is 69.1 cm³/mol. The van der Waals surface area contributed by atoms with E-state index in [1.807, 2.05) is 4.72 Å². The van der Waals surface area contributed by atoms with Crippen LogP contribution in [0.25, 0.3) is 0 Å². The van der Waals surface area contributed by atoms with Crippen LogP contribution in [0.2, 0.25) is 5.02 Å². The van der Waals surface area contributed by atoms with Crippen LogP contribution >= 0.6 is 11.6 Å². The van der Waals surface area contributed by atoms with Crippen molar-refractivity contribution in [1.82, 2.24) is 4.72 Å². The Hall–Kier alpha value is -1.07. The van der Waals surface area contributed by atoms with Crippen molar-refractivity contribution in [1.29, 1.82) is 0 Å². The number of benzene rings is 1. The Kier molecular flexibility index (Phi) is 4.63. The van der Waals surface area contributed by atoms with E-state index in [4.69, 9.17) is 21.9 Å². The van der Waals surface area contributed by atoms with Crippen molar-refractivity contribution in [3.8, 4) is 5.75 Å². The number of rotatable bonds is 5. The maximum Gasteiger partial charge on any atom is 0.266 e. The van der Waals surface area contributed by atoms with Crippen LogP contribution in [0.4, 0.5) is 5.69 Å². The van der Waals surface area contributed by atoms with Crippen molar-refractivity contribution in [3.05, 3.63) is 17.2 Å². The number of hydrogen-bond donors (Lipinski definition) is 4. The van der Waals surface area contributed by atoms with Crippen molar-refractivity contribution in [2.24, 2.45) is 0 Å². The van der Waals surface area contributed by atoms with Crippen LogP contribution in [0.15, 0.2) is 17.0 Å². The number of phenolic OH excluding ortho intramolecular Hbond substituents is 1. The molecule has 0 fully saturated rings. The Bertz CT molecular complexity index is 685. The van der Waals surface area contributed by atoms with Crippen molar-refractivity contribution in [2.45, 2.75) is 4.90 Å². The molecule has 0 spiro atoms. The molecule has 0 atom stereocenters. The number of anilines is 1. The summed E-state index contributed by atoms with van der Waals surface area (Å²) in [5.74, 6) is -1.26. The third kappa shape index (κ3) is 4.51. The number of halogens is 1. The van der Waals surface area contributed by atoms with Gasteiger partial charge in [-0.2, -0.15) is 8.42 Å². The normalized spacial score (nSPS) is 12.5. The van der Waals surface area contributed by atoms with Gasteiger partial charge in [0.25, 0.3) is 10.1 Å². The van der Waals surface area contributed by atoms with E-state index in [0.717, 1.165) is 12.1 Å². The van der Waals surface area contributed by atoms with Crippen LogP contribution in [0.1, 0.15) is 0 Å². The third-order valence-electron chi connectivity index (χ3n) is 2.02. The quantitative estimate of drug-likeness (QED) is 0.332. The molecule has 1 rings (SSSR count). The van der Waals surface area contributed by atoms with Gasteiger partial charge in [-0.15, -0.1) is 0 Å². The third-order valence-corrected chi connectivity index (χ3v) is 4.67. The van der Waals surface area contributed by atoms with Gasteiger partial charge in [0.15, 0.2) is 0 Å². The average Bonchev–Trinajstić information content (AvgIpc) is 2.20. The SMILES string of the molecule is Nc1cc(Cl)c(S(=O)(=O)NCCS(=O)(=O)O)cc1O. The standard InChI is InChI=1S/C8H11ClN2O6S2/c9-5-3-6(10)7(12)4-8(5)19(16,17)11-1-2-18(13,14)15/h3-4,11-12H,1-2,10H2,(H,13,14,15). The van der Waals surface area contributed by atoms with Gasteiger partial charge in [0, 0.05) is 12.6 Å². The highest BCUT2D eigenvalue weighted by molar-refractivity contribution is 7.89. The maximum absolute atomic E-state index is 11.8. The van der Waals surface area contributed by atoms with Crippen molar-refractivity contribution >= 4 is 37.4 Å². The van der Waals surface area contributed by atoms with Crippen LogP contribution < -0.4 is 10.5 Å². The number of aromatic hydroxyl groups is 1. The van der Waals surface area contributed by atoms with Crippen molar-refractivity contribution in [2.75, 3.05) is 18.0 Å². The Morgan fingerprint density at radius 2 is 1.84 bits per heavy atom. The lowest BCUT2D eigenvalue weighted by Gasteiger charge is -2.09. The summed E-state index contributed by atoms with van der Waals surface area (Å²) in [5.41, 5.74) is 5.23. The van der Waals surface area contributed by atoms with E-state index >= 15 is 0 Å². The number of sulfonamides is 1. The van der Waals surface area contributed by atoms with E-state index in [2.05, 4.69) is 0 Å². The number of phenols is 1. The van der Waals surface area contributed by atoms with Gasteiger partial charge in [0.2, 0.25) is 10.0 Å². The topological polar surface area (TPSA) is 147 Å².